The Bertz CT molecular complexity index is 335. The molecule has 0 spiro atoms. The summed E-state index contributed by atoms with van der Waals surface area (Å²) in [5.41, 5.74) is 0.0753. The molecule has 1 atom stereocenters. The summed E-state index contributed by atoms with van der Waals surface area (Å²) in [6.45, 7) is 4.35. The van der Waals surface area contributed by atoms with Crippen molar-refractivity contribution in [1.29, 1.82) is 0 Å². The van der Waals surface area contributed by atoms with E-state index in [0.717, 1.165) is 6.42 Å². The van der Waals surface area contributed by atoms with E-state index in [4.69, 9.17) is 11.6 Å². The maximum absolute atomic E-state index is 13.4. The molecule has 0 aromatic heterocycles. The summed E-state index contributed by atoms with van der Waals surface area (Å²) in [5, 5.41) is 3.09. The minimum absolute atomic E-state index is 0.0753. The Morgan fingerprint density at radius 3 is 2.29 bits per heavy atom. The van der Waals surface area contributed by atoms with Gasteiger partial charge in [0.2, 0.25) is 0 Å². The molecule has 0 fully saturated rings. The molecule has 1 aromatic carbocycles. The molecule has 0 bridgehead atoms. The van der Waals surface area contributed by atoms with Crippen molar-refractivity contribution in [2.24, 2.45) is 5.92 Å². The normalized spacial score (nSPS) is 13.1. The van der Waals surface area contributed by atoms with E-state index in [0.29, 0.717) is 11.8 Å². The number of halogens is 3. The molecule has 4 heteroatoms. The van der Waals surface area contributed by atoms with E-state index >= 15 is 0 Å². The number of benzene rings is 1. The van der Waals surface area contributed by atoms with Crippen molar-refractivity contribution in [2.45, 2.75) is 32.9 Å². The first-order valence-corrected chi connectivity index (χ1v) is 6.30. The number of nitrogens with one attached hydrogen (secondary N) is 1. The van der Waals surface area contributed by atoms with Crippen LogP contribution in [-0.4, -0.2) is 11.9 Å². The van der Waals surface area contributed by atoms with Gasteiger partial charge in [0.15, 0.2) is 0 Å². The van der Waals surface area contributed by atoms with E-state index in [9.17, 15) is 8.78 Å². The van der Waals surface area contributed by atoms with Crippen molar-refractivity contribution in [1.82, 2.24) is 5.32 Å². The minimum atomic E-state index is -0.518. The van der Waals surface area contributed by atoms with Gasteiger partial charge in [0.1, 0.15) is 11.6 Å². The average Bonchev–Trinajstić information content (AvgIpc) is 2.26. The van der Waals surface area contributed by atoms with E-state index < -0.39 is 11.6 Å². The van der Waals surface area contributed by atoms with Gasteiger partial charge in [0.05, 0.1) is 0 Å². The Kier molecular flexibility index (Phi) is 5.86. The maximum atomic E-state index is 13.4. The zero-order valence-corrected chi connectivity index (χ0v) is 10.9. The second-order valence-electron chi connectivity index (χ2n) is 4.56. The van der Waals surface area contributed by atoms with E-state index in [2.05, 4.69) is 19.2 Å². The third-order valence-electron chi connectivity index (χ3n) is 2.57. The first kappa shape index (κ1) is 14.4. The number of hydrogen-bond donors (Lipinski definition) is 1. The maximum Gasteiger partial charge on any atom is 0.130 e. The van der Waals surface area contributed by atoms with Crippen molar-refractivity contribution < 1.29 is 8.78 Å². The SMILES string of the molecule is CC(C)CC(CCl)NCc1c(F)cccc1F. The van der Waals surface area contributed by atoms with Crippen LogP contribution in [0.3, 0.4) is 0 Å². The Balaban J connectivity index is 2.59. The quantitative estimate of drug-likeness (QED) is 0.770. The molecule has 1 nitrogen and oxygen atoms in total. The first-order chi connectivity index (χ1) is 8.04. The highest BCUT2D eigenvalue weighted by Crippen LogP contribution is 2.13. The molecule has 0 saturated carbocycles. The van der Waals surface area contributed by atoms with Crippen LogP contribution in [-0.2, 0) is 6.54 Å². The van der Waals surface area contributed by atoms with Gasteiger partial charge in [0, 0.05) is 24.0 Å². The van der Waals surface area contributed by atoms with Gasteiger partial charge in [-0.25, -0.2) is 8.78 Å². The van der Waals surface area contributed by atoms with E-state index in [1.807, 2.05) is 0 Å². The molecule has 0 heterocycles. The van der Waals surface area contributed by atoms with Crippen LogP contribution in [0.5, 0.6) is 0 Å². The summed E-state index contributed by atoms with van der Waals surface area (Å²) in [5.74, 6) is -0.101. The lowest BCUT2D eigenvalue weighted by molar-refractivity contribution is 0.433. The second kappa shape index (κ2) is 6.92. The molecule has 1 aromatic rings. The first-order valence-electron chi connectivity index (χ1n) is 5.76. The largest absolute Gasteiger partial charge is 0.309 e. The predicted molar refractivity (Wildman–Crippen MR) is 67.2 cm³/mol. The lowest BCUT2D eigenvalue weighted by atomic mass is 10.0. The molecule has 96 valence electrons. The van der Waals surface area contributed by atoms with Crippen LogP contribution in [0.1, 0.15) is 25.8 Å². The Hall–Kier alpha value is -0.670. The molecule has 1 rings (SSSR count). The number of rotatable bonds is 6. The standard InChI is InChI=1S/C13H18ClF2N/c1-9(2)6-10(7-14)17-8-11-12(15)4-3-5-13(11)16/h3-5,9-10,17H,6-8H2,1-2H3. The van der Waals surface area contributed by atoms with E-state index in [1.54, 1.807) is 0 Å². The van der Waals surface area contributed by atoms with Crippen molar-refractivity contribution >= 4 is 11.6 Å². The minimum Gasteiger partial charge on any atom is -0.309 e. The molecule has 0 aliphatic carbocycles. The van der Waals surface area contributed by atoms with E-state index in [1.165, 1.54) is 18.2 Å². The van der Waals surface area contributed by atoms with Gasteiger partial charge < -0.3 is 5.32 Å². The molecule has 1 unspecified atom stereocenters. The van der Waals surface area contributed by atoms with Gasteiger partial charge in [-0.2, -0.15) is 0 Å². The van der Waals surface area contributed by atoms with Gasteiger partial charge >= 0.3 is 0 Å². The molecular formula is C13H18ClF2N. The fraction of sp³-hybridized carbons (Fsp3) is 0.538. The Labute approximate surface area is 106 Å². The van der Waals surface area contributed by atoms with Crippen LogP contribution in [0.15, 0.2) is 18.2 Å². The smallest absolute Gasteiger partial charge is 0.130 e. The molecular weight excluding hydrogens is 244 g/mol. The van der Waals surface area contributed by atoms with Gasteiger partial charge in [-0.3, -0.25) is 0 Å². The van der Waals surface area contributed by atoms with Crippen LogP contribution in [0.4, 0.5) is 8.78 Å². The fourth-order valence-electron chi connectivity index (χ4n) is 1.72. The average molecular weight is 262 g/mol. The molecule has 1 N–H and O–H groups in total. The third kappa shape index (κ3) is 4.60. The third-order valence-corrected chi connectivity index (χ3v) is 2.94. The molecule has 17 heavy (non-hydrogen) atoms. The highest BCUT2D eigenvalue weighted by atomic mass is 35.5. The fourth-order valence-corrected chi connectivity index (χ4v) is 1.95. The summed E-state index contributed by atoms with van der Waals surface area (Å²) in [7, 11) is 0. The zero-order valence-electron chi connectivity index (χ0n) is 10.1. The topological polar surface area (TPSA) is 12.0 Å². The summed E-state index contributed by atoms with van der Waals surface area (Å²) >= 11 is 5.81. The highest BCUT2D eigenvalue weighted by molar-refractivity contribution is 6.18. The van der Waals surface area contributed by atoms with Crippen LogP contribution in [0.25, 0.3) is 0 Å². The summed E-state index contributed by atoms with van der Waals surface area (Å²) in [4.78, 5) is 0. The van der Waals surface area contributed by atoms with Gasteiger partial charge in [-0.15, -0.1) is 11.6 Å². The molecule has 0 radical (unpaired) electrons. The van der Waals surface area contributed by atoms with Crippen LogP contribution >= 0.6 is 11.6 Å². The predicted octanol–water partition coefficient (Wildman–Crippen LogP) is 3.71. The van der Waals surface area contributed by atoms with Gasteiger partial charge in [-0.05, 0) is 24.5 Å². The Morgan fingerprint density at radius 1 is 1.24 bits per heavy atom. The van der Waals surface area contributed by atoms with Gasteiger partial charge in [0.25, 0.3) is 0 Å². The van der Waals surface area contributed by atoms with Crippen LogP contribution < -0.4 is 5.32 Å². The van der Waals surface area contributed by atoms with Crippen LogP contribution in [0.2, 0.25) is 0 Å². The number of hydrogen-bond acceptors (Lipinski definition) is 1. The van der Waals surface area contributed by atoms with Crippen molar-refractivity contribution in [3.8, 4) is 0 Å². The van der Waals surface area contributed by atoms with Crippen molar-refractivity contribution in [3.05, 3.63) is 35.4 Å². The second-order valence-corrected chi connectivity index (χ2v) is 4.87. The number of alkyl halides is 1. The van der Waals surface area contributed by atoms with E-state index in [-0.39, 0.29) is 18.2 Å². The molecule has 0 saturated heterocycles. The summed E-state index contributed by atoms with van der Waals surface area (Å²) in [6, 6.07) is 3.97. The highest BCUT2D eigenvalue weighted by Gasteiger charge is 2.12. The van der Waals surface area contributed by atoms with Crippen molar-refractivity contribution in [2.75, 3.05) is 5.88 Å². The molecule has 0 aliphatic heterocycles. The van der Waals surface area contributed by atoms with Crippen LogP contribution in [0, 0.1) is 17.6 Å². The monoisotopic (exact) mass is 261 g/mol. The summed E-state index contributed by atoms with van der Waals surface area (Å²) in [6.07, 6.45) is 0.888. The molecule has 0 amide bonds. The molecule has 0 aliphatic rings. The zero-order chi connectivity index (χ0) is 12.8. The Morgan fingerprint density at radius 2 is 1.82 bits per heavy atom. The lowest BCUT2D eigenvalue weighted by Crippen LogP contribution is -2.32. The summed E-state index contributed by atoms with van der Waals surface area (Å²) < 4.78 is 26.7. The van der Waals surface area contributed by atoms with Crippen molar-refractivity contribution in [3.63, 3.8) is 0 Å². The van der Waals surface area contributed by atoms with Gasteiger partial charge in [-0.1, -0.05) is 19.9 Å². The lowest BCUT2D eigenvalue weighted by Gasteiger charge is -2.18.